The summed E-state index contributed by atoms with van der Waals surface area (Å²) < 4.78 is 5.47. The standard InChI is InChI=1S/C7H16O2Si.C2H4O2/c1-10(2,3)9-7-5-4-6-8;1-2(3)4/h4-5,8H,6-7H2,1-3H3;1H3,(H,3,4). The molecular weight excluding hydrogens is 200 g/mol. The minimum Gasteiger partial charge on any atom is -0.481 e. The summed E-state index contributed by atoms with van der Waals surface area (Å²) >= 11 is 0. The van der Waals surface area contributed by atoms with Crippen LogP contribution in [0.2, 0.25) is 19.6 Å². The van der Waals surface area contributed by atoms with Crippen molar-refractivity contribution < 1.29 is 19.4 Å². The molecule has 0 saturated carbocycles. The third-order valence-electron chi connectivity index (χ3n) is 0.885. The highest BCUT2D eigenvalue weighted by Crippen LogP contribution is 2.01. The second-order valence-corrected chi connectivity index (χ2v) is 8.11. The zero-order chi connectivity index (χ0) is 11.6. The molecule has 84 valence electrons. The number of carboxylic acids is 1. The van der Waals surface area contributed by atoms with Gasteiger partial charge in [0.1, 0.15) is 0 Å². The molecule has 0 unspecified atom stereocenters. The van der Waals surface area contributed by atoms with Crippen molar-refractivity contribution in [2.45, 2.75) is 26.6 Å². The maximum Gasteiger partial charge on any atom is 0.300 e. The molecule has 0 spiro atoms. The van der Waals surface area contributed by atoms with Gasteiger partial charge in [-0.2, -0.15) is 0 Å². The highest BCUT2D eigenvalue weighted by molar-refractivity contribution is 6.69. The minimum absolute atomic E-state index is 0.106. The van der Waals surface area contributed by atoms with Crippen molar-refractivity contribution in [1.29, 1.82) is 0 Å². The average molecular weight is 220 g/mol. The lowest BCUT2D eigenvalue weighted by atomic mass is 10.5. The molecule has 0 aliphatic carbocycles. The lowest BCUT2D eigenvalue weighted by Crippen LogP contribution is -2.25. The molecule has 0 atom stereocenters. The molecule has 0 bridgehead atoms. The summed E-state index contributed by atoms with van der Waals surface area (Å²) in [7, 11) is -1.34. The van der Waals surface area contributed by atoms with Gasteiger partial charge in [-0.15, -0.1) is 0 Å². The Kier molecular flexibility index (Phi) is 10.1. The summed E-state index contributed by atoms with van der Waals surface area (Å²) in [5.74, 6) is -0.833. The van der Waals surface area contributed by atoms with Gasteiger partial charge in [0.2, 0.25) is 0 Å². The first kappa shape index (κ1) is 15.8. The Morgan fingerprint density at radius 2 is 1.79 bits per heavy atom. The van der Waals surface area contributed by atoms with Crippen LogP contribution in [0.1, 0.15) is 6.92 Å². The van der Waals surface area contributed by atoms with E-state index >= 15 is 0 Å². The topological polar surface area (TPSA) is 66.8 Å². The van der Waals surface area contributed by atoms with Crippen molar-refractivity contribution in [2.75, 3.05) is 13.2 Å². The third kappa shape index (κ3) is 30.2. The van der Waals surface area contributed by atoms with Crippen LogP contribution in [0.3, 0.4) is 0 Å². The maximum atomic E-state index is 9.00. The molecule has 0 aromatic rings. The predicted octanol–water partition coefficient (Wildman–Crippen LogP) is 1.48. The second-order valence-electron chi connectivity index (χ2n) is 3.60. The van der Waals surface area contributed by atoms with E-state index in [0.29, 0.717) is 6.61 Å². The summed E-state index contributed by atoms with van der Waals surface area (Å²) in [6.07, 6.45) is 3.54. The van der Waals surface area contributed by atoms with Crippen molar-refractivity contribution in [1.82, 2.24) is 0 Å². The van der Waals surface area contributed by atoms with Crippen LogP contribution >= 0.6 is 0 Å². The van der Waals surface area contributed by atoms with Gasteiger partial charge in [-0.3, -0.25) is 4.79 Å². The molecule has 0 amide bonds. The molecule has 0 aliphatic rings. The number of carbonyl (C=O) groups is 1. The lowest BCUT2D eigenvalue weighted by molar-refractivity contribution is -0.134. The fourth-order valence-electron chi connectivity index (χ4n) is 0.441. The van der Waals surface area contributed by atoms with Crippen LogP contribution in [0.5, 0.6) is 0 Å². The van der Waals surface area contributed by atoms with Crippen molar-refractivity contribution in [3.05, 3.63) is 12.2 Å². The van der Waals surface area contributed by atoms with Gasteiger partial charge in [-0.25, -0.2) is 0 Å². The van der Waals surface area contributed by atoms with Crippen LogP contribution in [0.15, 0.2) is 12.2 Å². The van der Waals surface area contributed by atoms with Crippen LogP contribution in [0.25, 0.3) is 0 Å². The van der Waals surface area contributed by atoms with Gasteiger partial charge < -0.3 is 14.6 Å². The monoisotopic (exact) mass is 220 g/mol. The Hall–Kier alpha value is -0.653. The van der Waals surface area contributed by atoms with Crippen molar-refractivity contribution >= 4 is 14.3 Å². The molecule has 0 fully saturated rings. The van der Waals surface area contributed by atoms with Gasteiger partial charge in [-0.1, -0.05) is 12.2 Å². The van der Waals surface area contributed by atoms with Crippen molar-refractivity contribution in [3.8, 4) is 0 Å². The van der Waals surface area contributed by atoms with E-state index in [9.17, 15) is 0 Å². The van der Waals surface area contributed by atoms with Crippen LogP contribution < -0.4 is 0 Å². The van der Waals surface area contributed by atoms with Gasteiger partial charge >= 0.3 is 0 Å². The molecule has 4 nitrogen and oxygen atoms in total. The van der Waals surface area contributed by atoms with Crippen LogP contribution in [-0.4, -0.2) is 37.7 Å². The summed E-state index contributed by atoms with van der Waals surface area (Å²) in [5.41, 5.74) is 0. The smallest absolute Gasteiger partial charge is 0.300 e. The summed E-state index contributed by atoms with van der Waals surface area (Å²) in [6.45, 7) is 8.24. The average Bonchev–Trinajstić information content (AvgIpc) is 1.95. The molecule has 14 heavy (non-hydrogen) atoms. The Bertz CT molecular complexity index is 168. The molecule has 0 radical (unpaired) electrons. The maximum absolute atomic E-state index is 9.00. The first-order valence-electron chi connectivity index (χ1n) is 4.39. The number of hydrogen-bond acceptors (Lipinski definition) is 3. The molecule has 0 rings (SSSR count). The minimum atomic E-state index is -1.34. The normalized spacial score (nSPS) is 10.9. The molecule has 5 heteroatoms. The summed E-state index contributed by atoms with van der Waals surface area (Å²) in [5, 5.41) is 15.8. The van der Waals surface area contributed by atoms with Gasteiger partial charge in [0, 0.05) is 6.92 Å². The van der Waals surface area contributed by atoms with Crippen LogP contribution in [0.4, 0.5) is 0 Å². The van der Waals surface area contributed by atoms with E-state index in [-0.39, 0.29) is 6.61 Å². The van der Waals surface area contributed by atoms with E-state index in [1.54, 1.807) is 6.08 Å². The van der Waals surface area contributed by atoms with Gasteiger partial charge in [0.05, 0.1) is 13.2 Å². The highest BCUT2D eigenvalue weighted by Gasteiger charge is 2.11. The second kappa shape index (κ2) is 8.92. The Morgan fingerprint density at radius 1 is 1.36 bits per heavy atom. The number of rotatable bonds is 4. The molecule has 0 saturated heterocycles. The Morgan fingerprint density at radius 3 is 2.07 bits per heavy atom. The number of aliphatic hydroxyl groups is 1. The summed E-state index contributed by atoms with van der Waals surface area (Å²) in [6, 6.07) is 0. The number of aliphatic carboxylic acids is 1. The van der Waals surface area contributed by atoms with Crippen molar-refractivity contribution in [2.24, 2.45) is 0 Å². The van der Waals surface area contributed by atoms with E-state index < -0.39 is 14.3 Å². The van der Waals surface area contributed by atoms with E-state index in [2.05, 4.69) is 19.6 Å². The predicted molar refractivity (Wildman–Crippen MR) is 58.8 cm³/mol. The number of carboxylic acid groups (broad SMARTS) is 1. The quantitative estimate of drug-likeness (QED) is 0.556. The van der Waals surface area contributed by atoms with Crippen LogP contribution in [-0.2, 0) is 9.22 Å². The molecular formula is C9H20O4Si. The Labute approximate surface area is 86.3 Å². The fourth-order valence-corrected chi connectivity index (χ4v) is 1.04. The SMILES string of the molecule is CC(=O)O.C[Si](C)(C)OCC=CCO. The molecule has 0 aliphatic heterocycles. The van der Waals surface area contributed by atoms with E-state index in [0.717, 1.165) is 6.92 Å². The molecule has 0 aromatic heterocycles. The van der Waals surface area contributed by atoms with E-state index in [4.69, 9.17) is 19.4 Å². The van der Waals surface area contributed by atoms with Gasteiger partial charge in [0.15, 0.2) is 8.32 Å². The fraction of sp³-hybridized carbons (Fsp3) is 0.667. The number of aliphatic hydroxyl groups excluding tert-OH is 1. The van der Waals surface area contributed by atoms with Crippen LogP contribution in [0, 0.1) is 0 Å². The lowest BCUT2D eigenvalue weighted by Gasteiger charge is -2.14. The first-order chi connectivity index (χ1) is 6.29. The Balaban J connectivity index is 0. The third-order valence-corrected chi connectivity index (χ3v) is 1.92. The molecule has 0 aromatic carbocycles. The van der Waals surface area contributed by atoms with Gasteiger partial charge in [0.25, 0.3) is 5.97 Å². The first-order valence-corrected chi connectivity index (χ1v) is 7.79. The molecule has 2 N–H and O–H groups in total. The largest absolute Gasteiger partial charge is 0.481 e. The zero-order valence-electron chi connectivity index (χ0n) is 9.28. The van der Waals surface area contributed by atoms with Crippen molar-refractivity contribution in [3.63, 3.8) is 0 Å². The number of hydrogen-bond donors (Lipinski definition) is 2. The summed E-state index contributed by atoms with van der Waals surface area (Å²) in [4.78, 5) is 9.00. The van der Waals surface area contributed by atoms with E-state index in [1.807, 2.05) is 6.08 Å². The highest BCUT2D eigenvalue weighted by atomic mass is 28.4. The van der Waals surface area contributed by atoms with E-state index in [1.165, 1.54) is 0 Å². The zero-order valence-corrected chi connectivity index (χ0v) is 10.3. The molecule has 0 heterocycles. The van der Waals surface area contributed by atoms with Gasteiger partial charge in [-0.05, 0) is 19.6 Å².